The zero-order chi connectivity index (χ0) is 8.97. The molecule has 3 saturated heterocycles. The molecular weight excluding hydrogens is 148 g/mol. The van der Waals surface area contributed by atoms with Gasteiger partial charge in [0.05, 0.1) is 0 Å². The van der Waals surface area contributed by atoms with E-state index < -0.39 is 0 Å². The fourth-order valence-electron chi connectivity index (χ4n) is 2.19. The maximum atomic E-state index is 3.54. The molecule has 0 aliphatic carbocycles. The predicted molar refractivity (Wildman–Crippen MR) is 53.4 cm³/mol. The fraction of sp³-hybridized carbons (Fsp3) is 1.00. The molecule has 0 radical (unpaired) electrons. The first-order valence-corrected chi connectivity index (χ1v) is 5.37. The van der Waals surface area contributed by atoms with E-state index in [0.29, 0.717) is 0 Å². The van der Waals surface area contributed by atoms with Crippen LogP contribution in [0, 0.1) is 0 Å². The molecule has 0 spiro atoms. The van der Waals surface area contributed by atoms with E-state index in [1.54, 1.807) is 0 Å². The fourth-order valence-corrected chi connectivity index (χ4v) is 2.19. The van der Waals surface area contributed by atoms with Gasteiger partial charge in [0.25, 0.3) is 0 Å². The maximum Gasteiger partial charge on any atom is 0.0221 e. The molecule has 72 valence electrons. The number of piperidine rings is 2. The van der Waals surface area contributed by atoms with Crippen molar-refractivity contribution in [3.63, 3.8) is 0 Å². The summed E-state index contributed by atoms with van der Waals surface area (Å²) in [7, 11) is 0. The highest BCUT2D eigenvalue weighted by atomic mass is 15.2. The summed E-state index contributed by atoms with van der Waals surface area (Å²) in [5.41, 5.74) is 0. The molecule has 1 N–H and O–H groups in total. The average molecular weight is 170 g/mol. The van der Waals surface area contributed by atoms with Gasteiger partial charge in [-0.25, -0.2) is 0 Å². The third kappa shape index (κ3) is 1.99. The molecule has 3 rings (SSSR count). The molecular formula is C10H22N2. The van der Waals surface area contributed by atoms with Crippen molar-refractivity contribution in [3.05, 3.63) is 0 Å². The van der Waals surface area contributed by atoms with E-state index in [1.807, 2.05) is 13.8 Å². The summed E-state index contributed by atoms with van der Waals surface area (Å²) in [4.78, 5) is 2.60. The zero-order valence-corrected chi connectivity index (χ0v) is 8.64. The first kappa shape index (κ1) is 10.0. The van der Waals surface area contributed by atoms with Crippen LogP contribution in [0.25, 0.3) is 0 Å². The second-order valence-electron chi connectivity index (χ2n) is 3.42. The third-order valence-corrected chi connectivity index (χ3v) is 2.87. The predicted octanol–water partition coefficient (Wildman–Crippen LogP) is 1.47. The van der Waals surface area contributed by atoms with Crippen LogP contribution in [0.1, 0.15) is 33.6 Å². The lowest BCUT2D eigenvalue weighted by molar-refractivity contribution is 0.0807. The standard InChI is InChI=1S/C8H16N2.C2H6/c1-2-10-6-7-3-4-8(10)5-9-7;1-2/h7-9H,2-6H2,1H3;1-2H3. The SMILES string of the molecule is CC.CCN1CC2CCC1CN2. The van der Waals surface area contributed by atoms with E-state index in [4.69, 9.17) is 0 Å². The lowest BCUT2D eigenvalue weighted by Crippen LogP contribution is -2.60. The molecule has 3 aliphatic rings. The third-order valence-electron chi connectivity index (χ3n) is 2.87. The van der Waals surface area contributed by atoms with Crippen molar-refractivity contribution in [2.24, 2.45) is 0 Å². The number of rotatable bonds is 1. The molecule has 2 nitrogen and oxygen atoms in total. The van der Waals surface area contributed by atoms with Gasteiger partial charge in [-0.3, -0.25) is 4.90 Å². The Morgan fingerprint density at radius 2 is 2.08 bits per heavy atom. The van der Waals surface area contributed by atoms with Crippen molar-refractivity contribution < 1.29 is 0 Å². The molecule has 0 amide bonds. The van der Waals surface area contributed by atoms with Crippen LogP contribution in [0.4, 0.5) is 0 Å². The van der Waals surface area contributed by atoms with Crippen molar-refractivity contribution in [1.29, 1.82) is 0 Å². The van der Waals surface area contributed by atoms with Crippen LogP contribution < -0.4 is 5.32 Å². The second kappa shape index (κ2) is 4.83. The van der Waals surface area contributed by atoms with Crippen molar-refractivity contribution in [2.45, 2.75) is 45.7 Å². The molecule has 2 bridgehead atoms. The van der Waals surface area contributed by atoms with Crippen LogP contribution in [-0.2, 0) is 0 Å². The smallest absolute Gasteiger partial charge is 0.0221 e. The van der Waals surface area contributed by atoms with Crippen molar-refractivity contribution in [2.75, 3.05) is 19.6 Å². The summed E-state index contributed by atoms with van der Waals surface area (Å²) in [6, 6.07) is 1.67. The number of hydrogen-bond acceptors (Lipinski definition) is 2. The van der Waals surface area contributed by atoms with Gasteiger partial charge in [-0.15, -0.1) is 0 Å². The van der Waals surface area contributed by atoms with E-state index in [2.05, 4.69) is 17.1 Å². The Labute approximate surface area is 76.3 Å². The van der Waals surface area contributed by atoms with Crippen LogP contribution in [0.2, 0.25) is 0 Å². The molecule has 3 fully saturated rings. The van der Waals surface area contributed by atoms with Crippen molar-refractivity contribution in [1.82, 2.24) is 10.2 Å². The Balaban J connectivity index is 0.000000336. The molecule has 0 aromatic rings. The van der Waals surface area contributed by atoms with E-state index in [1.165, 1.54) is 32.5 Å². The number of fused-ring (bicyclic) bond motifs is 3. The molecule has 3 heterocycles. The first-order valence-electron chi connectivity index (χ1n) is 5.37. The Hall–Kier alpha value is -0.0800. The lowest BCUT2D eigenvalue weighted by atomic mass is 9.93. The van der Waals surface area contributed by atoms with Crippen LogP contribution in [-0.4, -0.2) is 36.6 Å². The minimum absolute atomic E-state index is 0.810. The Kier molecular flexibility index (Phi) is 4.02. The topological polar surface area (TPSA) is 15.3 Å². The monoisotopic (exact) mass is 170 g/mol. The molecule has 2 heteroatoms. The summed E-state index contributed by atoms with van der Waals surface area (Å²) in [5.74, 6) is 0. The Bertz CT molecular complexity index is 117. The number of nitrogens with zero attached hydrogens (tertiary/aromatic N) is 1. The molecule has 2 unspecified atom stereocenters. The number of likely N-dealkylation sites (N-methyl/N-ethyl adjacent to an activating group) is 1. The number of hydrogen-bond donors (Lipinski definition) is 1. The molecule has 3 aliphatic heterocycles. The highest BCUT2D eigenvalue weighted by Gasteiger charge is 2.31. The van der Waals surface area contributed by atoms with Crippen molar-refractivity contribution in [3.8, 4) is 0 Å². The largest absolute Gasteiger partial charge is 0.311 e. The van der Waals surface area contributed by atoms with Crippen LogP contribution >= 0.6 is 0 Å². The molecule has 2 atom stereocenters. The normalized spacial score (nSPS) is 34.2. The summed E-state index contributed by atoms with van der Waals surface area (Å²) in [6.07, 6.45) is 2.83. The van der Waals surface area contributed by atoms with E-state index in [9.17, 15) is 0 Å². The van der Waals surface area contributed by atoms with Gasteiger partial charge in [0.1, 0.15) is 0 Å². The molecule has 12 heavy (non-hydrogen) atoms. The van der Waals surface area contributed by atoms with Gasteiger partial charge in [-0.05, 0) is 19.4 Å². The highest BCUT2D eigenvalue weighted by molar-refractivity contribution is 4.91. The highest BCUT2D eigenvalue weighted by Crippen LogP contribution is 2.21. The molecule has 0 aromatic carbocycles. The maximum absolute atomic E-state index is 3.54. The average Bonchev–Trinajstić information content (AvgIpc) is 2.22. The summed E-state index contributed by atoms with van der Waals surface area (Å²) in [6.45, 7) is 10.0. The Morgan fingerprint density at radius 3 is 2.33 bits per heavy atom. The molecule has 0 aromatic heterocycles. The van der Waals surface area contributed by atoms with Gasteiger partial charge in [-0.2, -0.15) is 0 Å². The quantitative estimate of drug-likeness (QED) is 0.641. The minimum Gasteiger partial charge on any atom is -0.311 e. The van der Waals surface area contributed by atoms with Gasteiger partial charge < -0.3 is 5.32 Å². The van der Waals surface area contributed by atoms with Crippen LogP contribution in [0.15, 0.2) is 0 Å². The van der Waals surface area contributed by atoms with Gasteiger partial charge in [0, 0.05) is 25.2 Å². The van der Waals surface area contributed by atoms with Crippen LogP contribution in [0.3, 0.4) is 0 Å². The van der Waals surface area contributed by atoms with Gasteiger partial charge >= 0.3 is 0 Å². The summed E-state index contributed by atoms with van der Waals surface area (Å²) < 4.78 is 0. The number of nitrogens with one attached hydrogen (secondary N) is 1. The Morgan fingerprint density at radius 1 is 1.33 bits per heavy atom. The van der Waals surface area contributed by atoms with E-state index >= 15 is 0 Å². The summed E-state index contributed by atoms with van der Waals surface area (Å²) in [5, 5.41) is 3.54. The summed E-state index contributed by atoms with van der Waals surface area (Å²) >= 11 is 0. The van der Waals surface area contributed by atoms with Crippen LogP contribution in [0.5, 0.6) is 0 Å². The van der Waals surface area contributed by atoms with E-state index in [-0.39, 0.29) is 0 Å². The first-order chi connectivity index (χ1) is 5.90. The van der Waals surface area contributed by atoms with Gasteiger partial charge in [0.15, 0.2) is 0 Å². The van der Waals surface area contributed by atoms with Crippen molar-refractivity contribution >= 4 is 0 Å². The second-order valence-corrected chi connectivity index (χ2v) is 3.42. The minimum atomic E-state index is 0.810. The van der Waals surface area contributed by atoms with E-state index in [0.717, 1.165) is 12.1 Å². The lowest BCUT2D eigenvalue weighted by Gasteiger charge is -2.45. The number of piperazine rings is 1. The van der Waals surface area contributed by atoms with Gasteiger partial charge in [0.2, 0.25) is 0 Å². The zero-order valence-electron chi connectivity index (χ0n) is 8.64. The van der Waals surface area contributed by atoms with Gasteiger partial charge in [-0.1, -0.05) is 20.8 Å². The molecule has 0 saturated carbocycles.